The molecule has 0 aliphatic heterocycles. The van der Waals surface area contributed by atoms with Crippen molar-refractivity contribution in [3.05, 3.63) is 78.1 Å². The lowest BCUT2D eigenvalue weighted by molar-refractivity contribution is -0.145. The summed E-state index contributed by atoms with van der Waals surface area (Å²) in [6.07, 6.45) is 2.04. The van der Waals surface area contributed by atoms with E-state index in [4.69, 9.17) is 4.74 Å². The van der Waals surface area contributed by atoms with Gasteiger partial charge in [-0.15, -0.1) is 0 Å². The SMILES string of the molecule is CCOC(=O)CC(=O)CC(O)CCc1c(-c2ccccc2)c2c3ccccc3ccn2c1C(C)C. The molecule has 0 amide bonds. The van der Waals surface area contributed by atoms with Gasteiger partial charge in [0.05, 0.1) is 18.2 Å². The summed E-state index contributed by atoms with van der Waals surface area (Å²) in [7, 11) is 0. The fourth-order valence-electron chi connectivity index (χ4n) is 5.01. The predicted octanol–water partition coefficient (Wildman–Crippen LogP) is 6.09. The molecule has 1 N–H and O–H groups in total. The molecule has 5 heteroatoms. The topological polar surface area (TPSA) is 68.0 Å². The van der Waals surface area contributed by atoms with E-state index in [2.05, 4.69) is 66.9 Å². The molecule has 0 fully saturated rings. The van der Waals surface area contributed by atoms with E-state index < -0.39 is 12.1 Å². The van der Waals surface area contributed by atoms with Crippen molar-refractivity contribution in [2.45, 2.75) is 58.5 Å². The van der Waals surface area contributed by atoms with Crippen molar-refractivity contribution in [2.24, 2.45) is 0 Å². The number of nitrogens with zero attached hydrogens (tertiary/aromatic N) is 1. The van der Waals surface area contributed by atoms with Crippen molar-refractivity contribution in [1.82, 2.24) is 4.40 Å². The van der Waals surface area contributed by atoms with Gasteiger partial charge in [0.2, 0.25) is 0 Å². The number of pyridine rings is 1. The van der Waals surface area contributed by atoms with E-state index in [0.29, 0.717) is 12.8 Å². The number of aromatic nitrogens is 1. The van der Waals surface area contributed by atoms with E-state index in [1.807, 2.05) is 18.2 Å². The maximum Gasteiger partial charge on any atom is 0.313 e. The van der Waals surface area contributed by atoms with Crippen LogP contribution in [0.25, 0.3) is 27.4 Å². The normalized spacial score (nSPS) is 12.4. The van der Waals surface area contributed by atoms with Crippen LogP contribution < -0.4 is 0 Å². The molecule has 0 spiro atoms. The third-order valence-electron chi connectivity index (χ3n) is 6.41. The highest BCUT2D eigenvalue weighted by molar-refractivity contribution is 6.05. The number of benzene rings is 2. The Morgan fingerprint density at radius 1 is 1.00 bits per heavy atom. The van der Waals surface area contributed by atoms with Crippen LogP contribution in [0.1, 0.15) is 57.2 Å². The number of fused-ring (bicyclic) bond motifs is 3. The summed E-state index contributed by atoms with van der Waals surface area (Å²) in [6, 6.07) is 20.9. The Morgan fingerprint density at radius 3 is 2.43 bits per heavy atom. The van der Waals surface area contributed by atoms with Crippen molar-refractivity contribution in [1.29, 1.82) is 0 Å². The number of esters is 1. The molecule has 4 rings (SSSR count). The van der Waals surface area contributed by atoms with Crippen LogP contribution in [0.4, 0.5) is 0 Å². The molecule has 182 valence electrons. The first-order valence-electron chi connectivity index (χ1n) is 12.4. The van der Waals surface area contributed by atoms with Crippen LogP contribution in [-0.4, -0.2) is 34.0 Å². The Labute approximate surface area is 206 Å². The lowest BCUT2D eigenvalue weighted by atomic mass is 9.92. The molecule has 5 nitrogen and oxygen atoms in total. The molecule has 0 saturated carbocycles. The van der Waals surface area contributed by atoms with Crippen LogP contribution in [0.3, 0.4) is 0 Å². The standard InChI is InChI=1S/C30H33NO4/c1-4-35-27(34)19-24(33)18-23(32)14-15-26-28(22-11-6-5-7-12-22)30-25-13-9-8-10-21(25)16-17-31(30)29(26)20(2)3/h5-13,16-17,20,23,32H,4,14-15,18-19H2,1-3H3. The fraction of sp³-hybridized carbons (Fsp3) is 0.333. The minimum atomic E-state index is -0.819. The third kappa shape index (κ3) is 5.30. The molecule has 2 heterocycles. The Kier molecular flexibility index (Phi) is 7.67. The number of Topliss-reactive ketones (excluding diaryl/α,β-unsaturated/α-hetero) is 1. The molecule has 0 saturated heterocycles. The number of carbonyl (C=O) groups is 2. The maximum atomic E-state index is 12.2. The van der Waals surface area contributed by atoms with E-state index in [1.165, 1.54) is 33.1 Å². The second-order valence-corrected chi connectivity index (χ2v) is 9.30. The predicted molar refractivity (Wildman–Crippen MR) is 140 cm³/mol. The van der Waals surface area contributed by atoms with Crippen LogP contribution in [-0.2, 0) is 20.7 Å². The Balaban J connectivity index is 1.74. The zero-order valence-electron chi connectivity index (χ0n) is 20.7. The number of carbonyl (C=O) groups excluding carboxylic acids is 2. The number of ketones is 1. The molecular formula is C30H33NO4. The molecule has 2 aromatic heterocycles. The highest BCUT2D eigenvalue weighted by atomic mass is 16.5. The number of ether oxygens (including phenoxy) is 1. The van der Waals surface area contributed by atoms with Crippen molar-refractivity contribution in [3.63, 3.8) is 0 Å². The first-order valence-corrected chi connectivity index (χ1v) is 12.4. The van der Waals surface area contributed by atoms with Gasteiger partial charge in [0.1, 0.15) is 12.2 Å². The number of aliphatic hydroxyl groups is 1. The summed E-state index contributed by atoms with van der Waals surface area (Å²) in [4.78, 5) is 23.9. The van der Waals surface area contributed by atoms with Gasteiger partial charge in [0.15, 0.2) is 0 Å². The van der Waals surface area contributed by atoms with Gasteiger partial charge in [-0.05, 0) is 48.3 Å². The van der Waals surface area contributed by atoms with Gasteiger partial charge in [-0.1, -0.05) is 68.4 Å². The van der Waals surface area contributed by atoms with Crippen molar-refractivity contribution < 1.29 is 19.4 Å². The Hall–Kier alpha value is -3.44. The van der Waals surface area contributed by atoms with Crippen LogP contribution in [0.5, 0.6) is 0 Å². The minimum absolute atomic E-state index is 0.0488. The maximum absolute atomic E-state index is 12.2. The van der Waals surface area contributed by atoms with E-state index in [1.54, 1.807) is 6.92 Å². The van der Waals surface area contributed by atoms with Crippen LogP contribution in [0.2, 0.25) is 0 Å². The summed E-state index contributed by atoms with van der Waals surface area (Å²) in [5.74, 6) is -0.571. The number of hydrogen-bond donors (Lipinski definition) is 1. The van der Waals surface area contributed by atoms with Crippen LogP contribution in [0, 0.1) is 0 Å². The minimum Gasteiger partial charge on any atom is -0.466 e. The Morgan fingerprint density at radius 2 is 1.71 bits per heavy atom. The number of hydrogen-bond acceptors (Lipinski definition) is 4. The average molecular weight is 472 g/mol. The molecule has 1 atom stereocenters. The van der Waals surface area contributed by atoms with E-state index in [9.17, 15) is 14.7 Å². The van der Waals surface area contributed by atoms with Gasteiger partial charge < -0.3 is 14.2 Å². The van der Waals surface area contributed by atoms with Gasteiger partial charge in [0.25, 0.3) is 0 Å². The summed E-state index contributed by atoms with van der Waals surface area (Å²) >= 11 is 0. The summed E-state index contributed by atoms with van der Waals surface area (Å²) in [5.41, 5.74) is 5.89. The molecular weight excluding hydrogens is 438 g/mol. The Bertz CT molecular complexity index is 1340. The van der Waals surface area contributed by atoms with Gasteiger partial charge in [-0.2, -0.15) is 0 Å². The fourth-order valence-corrected chi connectivity index (χ4v) is 5.01. The highest BCUT2D eigenvalue weighted by Gasteiger charge is 2.24. The van der Waals surface area contributed by atoms with E-state index >= 15 is 0 Å². The molecule has 0 radical (unpaired) electrons. The van der Waals surface area contributed by atoms with Gasteiger partial charge in [-0.25, -0.2) is 0 Å². The smallest absolute Gasteiger partial charge is 0.313 e. The van der Waals surface area contributed by atoms with Gasteiger partial charge in [0, 0.05) is 29.3 Å². The average Bonchev–Trinajstić information content (AvgIpc) is 3.18. The summed E-state index contributed by atoms with van der Waals surface area (Å²) in [5, 5.41) is 13.1. The zero-order valence-corrected chi connectivity index (χ0v) is 20.7. The zero-order chi connectivity index (χ0) is 24.9. The molecule has 2 aromatic carbocycles. The van der Waals surface area contributed by atoms with E-state index in [-0.39, 0.29) is 31.1 Å². The molecule has 0 aliphatic carbocycles. The summed E-state index contributed by atoms with van der Waals surface area (Å²) in [6.45, 7) is 6.33. The third-order valence-corrected chi connectivity index (χ3v) is 6.41. The first kappa shape index (κ1) is 24.7. The molecule has 4 aromatic rings. The lowest BCUT2D eigenvalue weighted by Gasteiger charge is -2.14. The van der Waals surface area contributed by atoms with Crippen molar-refractivity contribution >= 4 is 28.0 Å². The molecule has 0 aliphatic rings. The van der Waals surface area contributed by atoms with E-state index in [0.717, 1.165) is 5.56 Å². The van der Waals surface area contributed by atoms with Gasteiger partial charge in [-0.3, -0.25) is 9.59 Å². The number of rotatable bonds is 10. The van der Waals surface area contributed by atoms with Crippen molar-refractivity contribution in [2.75, 3.05) is 6.61 Å². The van der Waals surface area contributed by atoms with Gasteiger partial charge >= 0.3 is 5.97 Å². The second kappa shape index (κ2) is 10.9. The molecule has 1 unspecified atom stereocenters. The molecule has 35 heavy (non-hydrogen) atoms. The number of aliphatic hydroxyl groups excluding tert-OH is 1. The first-order chi connectivity index (χ1) is 16.9. The monoisotopic (exact) mass is 471 g/mol. The van der Waals surface area contributed by atoms with Crippen LogP contribution >= 0.6 is 0 Å². The summed E-state index contributed by atoms with van der Waals surface area (Å²) < 4.78 is 7.15. The quantitative estimate of drug-likeness (QED) is 0.225. The lowest BCUT2D eigenvalue weighted by Crippen LogP contribution is -2.18. The largest absolute Gasteiger partial charge is 0.466 e. The second-order valence-electron chi connectivity index (χ2n) is 9.30. The molecule has 0 bridgehead atoms. The van der Waals surface area contributed by atoms with Crippen LogP contribution in [0.15, 0.2) is 66.9 Å². The van der Waals surface area contributed by atoms with Crippen molar-refractivity contribution in [3.8, 4) is 11.1 Å². The highest BCUT2D eigenvalue weighted by Crippen LogP contribution is 2.40.